The number of hydrogen-bond acceptors (Lipinski definition) is 3. The lowest BCUT2D eigenvalue weighted by Gasteiger charge is -2.43. The molecule has 3 N–H and O–H groups in total. The molecule has 0 aliphatic heterocycles. The first-order chi connectivity index (χ1) is 7.51. The van der Waals surface area contributed by atoms with Crippen molar-refractivity contribution in [2.45, 2.75) is 44.4 Å². The number of hydrogen-bond donors (Lipinski definition) is 2. The molecule has 1 fully saturated rings. The average Bonchev–Trinajstić information content (AvgIpc) is 2.15. The maximum absolute atomic E-state index is 9.40. The van der Waals surface area contributed by atoms with Gasteiger partial charge in [-0.15, -0.1) is 0 Å². The molecule has 1 aromatic carbocycles. The van der Waals surface area contributed by atoms with E-state index in [2.05, 4.69) is 0 Å². The highest BCUT2D eigenvalue weighted by molar-refractivity contribution is 5.41. The van der Waals surface area contributed by atoms with Crippen molar-refractivity contribution in [1.82, 2.24) is 0 Å². The second-order valence-corrected chi connectivity index (χ2v) is 4.88. The maximum atomic E-state index is 9.40. The highest BCUT2D eigenvalue weighted by Crippen LogP contribution is 2.42. The molecule has 3 heteroatoms. The van der Waals surface area contributed by atoms with E-state index in [1.807, 2.05) is 38.1 Å². The summed E-state index contributed by atoms with van der Waals surface area (Å²) in [5, 5.41) is 9.40. The van der Waals surface area contributed by atoms with Crippen LogP contribution in [0.2, 0.25) is 0 Å². The molecule has 2 rings (SSSR count). The van der Waals surface area contributed by atoms with E-state index in [9.17, 15) is 5.11 Å². The summed E-state index contributed by atoms with van der Waals surface area (Å²) in [6.45, 7) is 3.99. The quantitative estimate of drug-likeness (QED) is 0.818. The number of aliphatic hydroxyl groups excluding tert-OH is 1. The second-order valence-electron chi connectivity index (χ2n) is 4.88. The van der Waals surface area contributed by atoms with Gasteiger partial charge in [0.05, 0.1) is 12.2 Å². The molecular weight excluding hydrogens is 202 g/mol. The molecule has 0 radical (unpaired) electrons. The van der Waals surface area contributed by atoms with E-state index < -0.39 is 5.54 Å². The maximum Gasteiger partial charge on any atom is 0.124 e. The van der Waals surface area contributed by atoms with Crippen LogP contribution in [0.25, 0.3) is 0 Å². The van der Waals surface area contributed by atoms with Crippen molar-refractivity contribution >= 4 is 0 Å². The fraction of sp³-hybridized carbons (Fsp3) is 0.538. The van der Waals surface area contributed by atoms with E-state index in [-0.39, 0.29) is 12.2 Å². The summed E-state index contributed by atoms with van der Waals surface area (Å²) in [7, 11) is 0. The molecule has 0 heterocycles. The first kappa shape index (κ1) is 11.4. The van der Waals surface area contributed by atoms with Crippen molar-refractivity contribution in [3.8, 4) is 5.75 Å². The van der Waals surface area contributed by atoms with Gasteiger partial charge in [-0.1, -0.05) is 18.2 Å². The first-order valence-electron chi connectivity index (χ1n) is 5.74. The summed E-state index contributed by atoms with van der Waals surface area (Å²) >= 11 is 0. The molecule has 0 atom stereocenters. The predicted octanol–water partition coefficient (Wildman–Crippen LogP) is 1.78. The molecule has 1 saturated carbocycles. The number of para-hydroxylation sites is 1. The molecule has 1 aliphatic rings. The van der Waals surface area contributed by atoms with Crippen LogP contribution in [-0.4, -0.2) is 17.3 Å². The number of ether oxygens (including phenoxy) is 1. The van der Waals surface area contributed by atoms with Crippen LogP contribution in [0.4, 0.5) is 0 Å². The minimum Gasteiger partial charge on any atom is -0.491 e. The average molecular weight is 221 g/mol. The van der Waals surface area contributed by atoms with Gasteiger partial charge in [-0.25, -0.2) is 0 Å². The minimum atomic E-state index is -0.412. The highest BCUT2D eigenvalue weighted by Gasteiger charge is 2.43. The highest BCUT2D eigenvalue weighted by atomic mass is 16.5. The first-order valence-corrected chi connectivity index (χ1v) is 5.74. The van der Waals surface area contributed by atoms with Crippen molar-refractivity contribution in [2.24, 2.45) is 5.73 Å². The fourth-order valence-corrected chi connectivity index (χ4v) is 2.24. The van der Waals surface area contributed by atoms with Crippen molar-refractivity contribution in [2.75, 3.05) is 0 Å². The Bertz CT molecular complexity index is 370. The third-order valence-corrected chi connectivity index (χ3v) is 2.99. The lowest BCUT2D eigenvalue weighted by molar-refractivity contribution is 0.0192. The summed E-state index contributed by atoms with van der Waals surface area (Å²) in [5.41, 5.74) is 6.85. The zero-order valence-corrected chi connectivity index (χ0v) is 9.81. The summed E-state index contributed by atoms with van der Waals surface area (Å²) in [4.78, 5) is 0. The van der Waals surface area contributed by atoms with E-state index >= 15 is 0 Å². The Morgan fingerprint density at radius 2 is 2.00 bits per heavy atom. The van der Waals surface area contributed by atoms with E-state index in [0.717, 1.165) is 11.3 Å². The number of nitrogens with two attached hydrogens (primary N) is 1. The van der Waals surface area contributed by atoms with E-state index in [0.29, 0.717) is 12.8 Å². The van der Waals surface area contributed by atoms with Gasteiger partial charge in [0, 0.05) is 11.1 Å². The van der Waals surface area contributed by atoms with Crippen molar-refractivity contribution in [3.63, 3.8) is 0 Å². The Morgan fingerprint density at radius 1 is 1.38 bits per heavy atom. The lowest BCUT2D eigenvalue weighted by atomic mass is 9.70. The molecule has 0 aromatic heterocycles. The Balaban J connectivity index is 2.26. The predicted molar refractivity (Wildman–Crippen MR) is 63.3 cm³/mol. The normalized spacial score (nSPS) is 28.9. The standard InChI is InChI=1S/C13H19NO2/c1-9(2)16-12-6-4-3-5-11(12)13(14)7-10(15)8-13/h3-6,9-10,15H,7-8,14H2,1-2H3. The number of aliphatic hydroxyl groups is 1. The third-order valence-electron chi connectivity index (χ3n) is 2.99. The van der Waals surface area contributed by atoms with E-state index in [1.54, 1.807) is 0 Å². The molecule has 1 aliphatic carbocycles. The topological polar surface area (TPSA) is 55.5 Å². The minimum absolute atomic E-state index is 0.134. The molecular formula is C13H19NO2. The van der Waals surface area contributed by atoms with Crippen molar-refractivity contribution in [3.05, 3.63) is 29.8 Å². The molecule has 0 amide bonds. The zero-order chi connectivity index (χ0) is 11.8. The van der Waals surface area contributed by atoms with Gasteiger partial charge >= 0.3 is 0 Å². The van der Waals surface area contributed by atoms with Crippen LogP contribution in [0.3, 0.4) is 0 Å². The Hall–Kier alpha value is -1.06. The monoisotopic (exact) mass is 221 g/mol. The summed E-state index contributed by atoms with van der Waals surface area (Å²) in [5.74, 6) is 0.840. The Morgan fingerprint density at radius 3 is 2.56 bits per heavy atom. The van der Waals surface area contributed by atoms with Gasteiger partial charge < -0.3 is 15.6 Å². The van der Waals surface area contributed by atoms with E-state index in [4.69, 9.17) is 10.5 Å². The van der Waals surface area contributed by atoms with Crippen LogP contribution in [0.15, 0.2) is 24.3 Å². The Kier molecular flexibility index (Phi) is 2.91. The molecule has 0 bridgehead atoms. The number of rotatable bonds is 3. The third kappa shape index (κ3) is 2.06. The van der Waals surface area contributed by atoms with Gasteiger partial charge in [-0.05, 0) is 32.8 Å². The smallest absolute Gasteiger partial charge is 0.124 e. The number of benzene rings is 1. The SMILES string of the molecule is CC(C)Oc1ccccc1C1(N)CC(O)C1. The van der Waals surface area contributed by atoms with Crippen LogP contribution >= 0.6 is 0 Å². The van der Waals surface area contributed by atoms with Crippen LogP contribution in [0, 0.1) is 0 Å². The van der Waals surface area contributed by atoms with Crippen LogP contribution in [-0.2, 0) is 5.54 Å². The van der Waals surface area contributed by atoms with Gasteiger partial charge in [-0.2, -0.15) is 0 Å². The van der Waals surface area contributed by atoms with E-state index in [1.165, 1.54) is 0 Å². The van der Waals surface area contributed by atoms with Crippen molar-refractivity contribution < 1.29 is 9.84 Å². The lowest BCUT2D eigenvalue weighted by Crippen LogP contribution is -2.51. The van der Waals surface area contributed by atoms with Gasteiger partial charge in [-0.3, -0.25) is 0 Å². The van der Waals surface area contributed by atoms with Gasteiger partial charge in [0.2, 0.25) is 0 Å². The molecule has 16 heavy (non-hydrogen) atoms. The van der Waals surface area contributed by atoms with Crippen LogP contribution < -0.4 is 10.5 Å². The Labute approximate surface area is 96.2 Å². The molecule has 3 nitrogen and oxygen atoms in total. The molecule has 0 spiro atoms. The molecule has 1 aromatic rings. The van der Waals surface area contributed by atoms with Gasteiger partial charge in [0.25, 0.3) is 0 Å². The molecule has 0 saturated heterocycles. The van der Waals surface area contributed by atoms with Crippen LogP contribution in [0.1, 0.15) is 32.3 Å². The molecule has 0 unspecified atom stereocenters. The van der Waals surface area contributed by atoms with Gasteiger partial charge in [0.1, 0.15) is 5.75 Å². The summed E-state index contributed by atoms with van der Waals surface area (Å²) < 4.78 is 5.74. The van der Waals surface area contributed by atoms with Crippen LogP contribution in [0.5, 0.6) is 5.75 Å². The fourth-order valence-electron chi connectivity index (χ4n) is 2.24. The zero-order valence-electron chi connectivity index (χ0n) is 9.81. The largest absolute Gasteiger partial charge is 0.491 e. The summed E-state index contributed by atoms with van der Waals surface area (Å²) in [6.07, 6.45) is 1.10. The van der Waals surface area contributed by atoms with Gasteiger partial charge in [0.15, 0.2) is 0 Å². The van der Waals surface area contributed by atoms with Crippen molar-refractivity contribution in [1.29, 1.82) is 0 Å². The second kappa shape index (κ2) is 4.07. The summed E-state index contributed by atoms with van der Waals surface area (Å²) in [6, 6.07) is 7.83. The molecule has 88 valence electrons.